The molecule has 2 aliphatic rings. The molecule has 24 heavy (non-hydrogen) atoms. The molecule has 0 saturated carbocycles. The number of carbonyl (C=O) groups is 2. The van der Waals surface area contributed by atoms with Crippen molar-refractivity contribution >= 4 is 22.7 Å². The Labute approximate surface area is 140 Å². The Bertz CT molecular complexity index is 758. The summed E-state index contributed by atoms with van der Waals surface area (Å²) in [6, 6.07) is 7.74. The van der Waals surface area contributed by atoms with Gasteiger partial charge in [-0.2, -0.15) is 0 Å². The first-order valence-electron chi connectivity index (χ1n) is 8.47. The van der Waals surface area contributed by atoms with Crippen LogP contribution in [0.3, 0.4) is 0 Å². The number of rotatable bonds is 4. The van der Waals surface area contributed by atoms with Gasteiger partial charge in [0.25, 0.3) is 5.91 Å². The summed E-state index contributed by atoms with van der Waals surface area (Å²) < 4.78 is 5.50. The molecule has 1 unspecified atom stereocenters. The summed E-state index contributed by atoms with van der Waals surface area (Å²) in [5, 5.41) is 3.87. The number of nitrogens with one attached hydrogen (secondary N) is 2. The SMILES string of the molecule is O=C(NCC1CCCO1)C1CN(C(=O)c2c[nH]c3ccccc23)C1. The van der Waals surface area contributed by atoms with Crippen molar-refractivity contribution in [2.45, 2.75) is 18.9 Å². The molecule has 1 atom stereocenters. The average Bonchev–Trinajstić information content (AvgIpc) is 3.20. The van der Waals surface area contributed by atoms with Crippen LogP contribution in [0.15, 0.2) is 30.5 Å². The van der Waals surface area contributed by atoms with E-state index in [1.807, 2.05) is 24.3 Å². The summed E-state index contributed by atoms with van der Waals surface area (Å²) in [5.74, 6) is -0.107. The molecule has 1 aromatic heterocycles. The Balaban J connectivity index is 1.31. The van der Waals surface area contributed by atoms with Crippen LogP contribution in [0.1, 0.15) is 23.2 Å². The number of fused-ring (bicyclic) bond motifs is 1. The Hall–Kier alpha value is -2.34. The Kier molecular flexibility index (Phi) is 3.98. The van der Waals surface area contributed by atoms with Crippen LogP contribution in [0, 0.1) is 5.92 Å². The number of ether oxygens (including phenoxy) is 1. The van der Waals surface area contributed by atoms with E-state index < -0.39 is 0 Å². The molecule has 1 aromatic carbocycles. The van der Waals surface area contributed by atoms with Gasteiger partial charge in [-0.3, -0.25) is 9.59 Å². The first-order chi connectivity index (χ1) is 11.7. The van der Waals surface area contributed by atoms with E-state index in [9.17, 15) is 9.59 Å². The summed E-state index contributed by atoms with van der Waals surface area (Å²) in [6.07, 6.45) is 3.98. The van der Waals surface area contributed by atoms with Crippen molar-refractivity contribution in [3.05, 3.63) is 36.0 Å². The van der Waals surface area contributed by atoms with Crippen molar-refractivity contribution in [3.63, 3.8) is 0 Å². The fourth-order valence-corrected chi connectivity index (χ4v) is 3.39. The van der Waals surface area contributed by atoms with E-state index in [1.165, 1.54) is 0 Å². The molecule has 3 heterocycles. The van der Waals surface area contributed by atoms with Crippen LogP contribution >= 0.6 is 0 Å². The molecule has 0 spiro atoms. The normalized spacial score (nSPS) is 21.0. The van der Waals surface area contributed by atoms with Gasteiger partial charge >= 0.3 is 0 Å². The van der Waals surface area contributed by atoms with Crippen LogP contribution in [0.2, 0.25) is 0 Å². The van der Waals surface area contributed by atoms with Gasteiger partial charge in [0.05, 0.1) is 17.6 Å². The minimum Gasteiger partial charge on any atom is -0.376 e. The third-order valence-corrected chi connectivity index (χ3v) is 4.89. The van der Waals surface area contributed by atoms with Crippen molar-refractivity contribution in [2.75, 3.05) is 26.2 Å². The zero-order valence-corrected chi connectivity index (χ0v) is 13.5. The lowest BCUT2D eigenvalue weighted by Crippen LogP contribution is -2.56. The van der Waals surface area contributed by atoms with Gasteiger partial charge in [-0.15, -0.1) is 0 Å². The van der Waals surface area contributed by atoms with Crippen molar-refractivity contribution < 1.29 is 14.3 Å². The molecule has 4 rings (SSSR count). The summed E-state index contributed by atoms with van der Waals surface area (Å²) in [4.78, 5) is 29.6. The third-order valence-electron chi connectivity index (χ3n) is 4.89. The largest absolute Gasteiger partial charge is 0.376 e. The maximum atomic E-state index is 12.6. The zero-order chi connectivity index (χ0) is 16.5. The lowest BCUT2D eigenvalue weighted by atomic mass is 9.97. The lowest BCUT2D eigenvalue weighted by Gasteiger charge is -2.38. The number of benzene rings is 1. The van der Waals surface area contributed by atoms with Gasteiger partial charge in [-0.25, -0.2) is 0 Å². The second-order valence-corrected chi connectivity index (χ2v) is 6.54. The number of H-pyrrole nitrogens is 1. The van der Waals surface area contributed by atoms with Gasteiger partial charge in [-0.1, -0.05) is 18.2 Å². The topological polar surface area (TPSA) is 74.4 Å². The fraction of sp³-hybridized carbons (Fsp3) is 0.444. The van der Waals surface area contributed by atoms with E-state index in [2.05, 4.69) is 10.3 Å². The van der Waals surface area contributed by atoms with Crippen LogP contribution in [0.25, 0.3) is 10.9 Å². The molecule has 0 radical (unpaired) electrons. The van der Waals surface area contributed by atoms with Gasteiger partial charge in [0, 0.05) is 43.3 Å². The van der Waals surface area contributed by atoms with Crippen molar-refractivity contribution in [1.29, 1.82) is 0 Å². The standard InChI is InChI=1S/C18H21N3O3/c22-17(20-8-13-4-3-7-24-13)12-10-21(11-12)18(23)15-9-19-16-6-2-1-5-14(15)16/h1-2,5-6,9,12-13,19H,3-4,7-8,10-11H2,(H,20,22). The molecule has 0 bridgehead atoms. The number of hydrogen-bond acceptors (Lipinski definition) is 3. The molecule has 2 fully saturated rings. The summed E-state index contributed by atoms with van der Waals surface area (Å²) >= 11 is 0. The van der Waals surface area contributed by atoms with Gasteiger partial charge in [0.1, 0.15) is 0 Å². The number of amides is 2. The van der Waals surface area contributed by atoms with Gasteiger partial charge in [-0.05, 0) is 18.9 Å². The lowest BCUT2D eigenvalue weighted by molar-refractivity contribution is -0.129. The number of carbonyl (C=O) groups excluding carboxylic acids is 2. The monoisotopic (exact) mass is 327 g/mol. The Morgan fingerprint density at radius 3 is 2.92 bits per heavy atom. The van der Waals surface area contributed by atoms with Crippen molar-refractivity contribution in [1.82, 2.24) is 15.2 Å². The van der Waals surface area contributed by atoms with Crippen LogP contribution in [0.5, 0.6) is 0 Å². The number of nitrogens with zero attached hydrogens (tertiary/aromatic N) is 1. The van der Waals surface area contributed by atoms with Gasteiger partial charge in [0.2, 0.25) is 5.91 Å². The molecule has 6 heteroatoms. The summed E-state index contributed by atoms with van der Waals surface area (Å²) in [6.45, 7) is 2.33. The molecule has 2 aromatic rings. The smallest absolute Gasteiger partial charge is 0.256 e. The molecule has 2 N–H and O–H groups in total. The summed E-state index contributed by atoms with van der Waals surface area (Å²) in [5.41, 5.74) is 1.62. The highest BCUT2D eigenvalue weighted by molar-refractivity contribution is 6.07. The third kappa shape index (κ3) is 2.78. The molecule has 2 saturated heterocycles. The summed E-state index contributed by atoms with van der Waals surface area (Å²) in [7, 11) is 0. The van der Waals surface area contributed by atoms with Gasteiger partial charge in [0.15, 0.2) is 0 Å². The minimum absolute atomic E-state index is 0.0179. The molecule has 0 aliphatic carbocycles. The molecule has 126 valence electrons. The zero-order valence-electron chi connectivity index (χ0n) is 13.5. The highest BCUT2D eigenvalue weighted by Crippen LogP contribution is 2.24. The first-order valence-corrected chi connectivity index (χ1v) is 8.47. The number of hydrogen-bond donors (Lipinski definition) is 2. The van der Waals surface area contributed by atoms with Crippen LogP contribution in [0.4, 0.5) is 0 Å². The predicted molar refractivity (Wildman–Crippen MR) is 89.7 cm³/mol. The quantitative estimate of drug-likeness (QED) is 0.894. The van der Waals surface area contributed by atoms with Crippen molar-refractivity contribution in [3.8, 4) is 0 Å². The number of aromatic amines is 1. The Morgan fingerprint density at radius 1 is 1.29 bits per heavy atom. The highest BCUT2D eigenvalue weighted by Gasteiger charge is 2.36. The second-order valence-electron chi connectivity index (χ2n) is 6.54. The molecule has 2 amide bonds. The van der Waals surface area contributed by atoms with E-state index >= 15 is 0 Å². The maximum Gasteiger partial charge on any atom is 0.256 e. The van der Waals surface area contributed by atoms with Crippen molar-refractivity contribution in [2.24, 2.45) is 5.92 Å². The van der Waals surface area contributed by atoms with E-state index in [1.54, 1.807) is 11.1 Å². The Morgan fingerprint density at radius 2 is 2.12 bits per heavy atom. The van der Waals surface area contributed by atoms with E-state index in [0.717, 1.165) is 30.4 Å². The second kappa shape index (κ2) is 6.28. The first kappa shape index (κ1) is 15.2. The number of aromatic nitrogens is 1. The maximum absolute atomic E-state index is 12.6. The number of para-hydroxylation sites is 1. The average molecular weight is 327 g/mol. The molecular formula is C18H21N3O3. The van der Waals surface area contributed by atoms with Crippen LogP contribution in [-0.2, 0) is 9.53 Å². The van der Waals surface area contributed by atoms with Gasteiger partial charge < -0.3 is 19.9 Å². The minimum atomic E-state index is -0.111. The van der Waals surface area contributed by atoms with E-state index in [-0.39, 0.29) is 23.8 Å². The van der Waals surface area contributed by atoms with E-state index in [0.29, 0.717) is 25.2 Å². The number of likely N-dealkylation sites (tertiary alicyclic amines) is 1. The molecule has 2 aliphatic heterocycles. The van der Waals surface area contributed by atoms with Crippen LogP contribution < -0.4 is 5.32 Å². The van der Waals surface area contributed by atoms with Crippen LogP contribution in [-0.4, -0.2) is 54.0 Å². The highest BCUT2D eigenvalue weighted by atomic mass is 16.5. The molecular weight excluding hydrogens is 306 g/mol. The molecule has 6 nitrogen and oxygen atoms in total. The fourth-order valence-electron chi connectivity index (χ4n) is 3.39. The van der Waals surface area contributed by atoms with E-state index in [4.69, 9.17) is 4.74 Å². The predicted octanol–water partition coefficient (Wildman–Crippen LogP) is 1.54.